The fourth-order valence-electron chi connectivity index (χ4n) is 9.86. The van der Waals surface area contributed by atoms with Crippen molar-refractivity contribution >= 4 is 33.6 Å². The van der Waals surface area contributed by atoms with E-state index in [2.05, 4.69) is 215 Å². The van der Waals surface area contributed by atoms with Crippen LogP contribution in [0.4, 0.5) is 0 Å². The van der Waals surface area contributed by atoms with Gasteiger partial charge >= 0.3 is 33.6 Å². The summed E-state index contributed by atoms with van der Waals surface area (Å²) < 4.78 is 61.2. The average Bonchev–Trinajstić information content (AvgIpc) is 0.941. The maximum absolute atomic E-state index is 13.0. The maximum Gasteiger partial charge on any atom is 0.472 e. The SMILES string of the molecule is CC/C=C\C/C=C\C/C=C\C/C=C\C/C=C\C/C=C\CCCCCCCCCCC(=O)OCC(O)COP(=O)(O)OCC(O)COP(=O)(O)OCC(COC(=O)CCCCCC/C=C\C/C=C\C/C=C\C/C=C\C/C=C\C/C=C\CC)OC(=O)CCCCCCCC/C=C\C/C=C\C/C=C\C/C=C\CC. The normalized spacial score (nSPS) is 15.0. The molecule has 18 heteroatoms. The quantitative estimate of drug-likeness (QED) is 0.0146. The van der Waals surface area contributed by atoms with Crippen LogP contribution in [0.25, 0.3) is 0 Å². The fraction of sp³-hybridized carbons (Fsp3) is 0.598. The largest absolute Gasteiger partial charge is 0.472 e. The van der Waals surface area contributed by atoms with Crippen LogP contribution >= 0.6 is 15.6 Å². The smallest absolute Gasteiger partial charge is 0.463 e. The zero-order valence-electron chi connectivity index (χ0n) is 64.8. The molecule has 0 saturated carbocycles. The van der Waals surface area contributed by atoms with Crippen LogP contribution in [0.3, 0.4) is 0 Å². The molecule has 0 aliphatic heterocycles. The number of ether oxygens (including phenoxy) is 3. The van der Waals surface area contributed by atoms with Gasteiger partial charge in [-0.3, -0.25) is 32.5 Å². The molecule has 0 saturated heterocycles. The number of hydrogen-bond donors (Lipinski definition) is 4. The lowest BCUT2D eigenvalue weighted by Gasteiger charge is -2.21. The first-order valence-corrected chi connectivity index (χ1v) is 42.7. The van der Waals surface area contributed by atoms with E-state index in [1.807, 2.05) is 0 Å². The lowest BCUT2D eigenvalue weighted by Crippen LogP contribution is -2.30. The number of carbonyl (C=O) groups is 3. The topological polar surface area (TPSA) is 231 Å². The number of phosphoric acid groups is 2. The predicted octanol–water partition coefficient (Wildman–Crippen LogP) is 23.5. The first-order valence-electron chi connectivity index (χ1n) is 39.7. The van der Waals surface area contributed by atoms with Gasteiger partial charge in [0.15, 0.2) is 6.10 Å². The summed E-state index contributed by atoms with van der Waals surface area (Å²) in [6.45, 7) is 2.26. The molecule has 5 atom stereocenters. The molecule has 0 aliphatic carbocycles. The van der Waals surface area contributed by atoms with Crippen LogP contribution in [-0.2, 0) is 55.8 Å². The monoisotopic (exact) mass is 1500 g/mol. The van der Waals surface area contributed by atoms with Crippen molar-refractivity contribution in [2.75, 3.05) is 39.6 Å². The number of aliphatic hydroxyl groups is 2. The van der Waals surface area contributed by atoms with Crippen LogP contribution in [0.1, 0.15) is 278 Å². The Balaban J connectivity index is 4.71. The van der Waals surface area contributed by atoms with Crippen LogP contribution in [0.15, 0.2) is 194 Å². The minimum absolute atomic E-state index is 0.0740. The lowest BCUT2D eigenvalue weighted by molar-refractivity contribution is -0.161. The Morgan fingerprint density at radius 2 is 0.476 bits per heavy atom. The van der Waals surface area contributed by atoms with Crippen LogP contribution in [0.2, 0.25) is 0 Å². The molecule has 0 aromatic heterocycles. The van der Waals surface area contributed by atoms with Crippen molar-refractivity contribution in [3.63, 3.8) is 0 Å². The highest BCUT2D eigenvalue weighted by atomic mass is 31.2. The Kier molecular flexibility index (Phi) is 73.8. The van der Waals surface area contributed by atoms with E-state index in [1.54, 1.807) is 0 Å². The van der Waals surface area contributed by atoms with Gasteiger partial charge in [0.25, 0.3) is 0 Å². The molecular weight excluding hydrogens is 1360 g/mol. The third-order valence-electron chi connectivity index (χ3n) is 15.8. The molecule has 16 nitrogen and oxygen atoms in total. The van der Waals surface area contributed by atoms with Gasteiger partial charge in [0, 0.05) is 19.3 Å². The molecule has 105 heavy (non-hydrogen) atoms. The molecule has 0 fully saturated rings. The van der Waals surface area contributed by atoms with Crippen LogP contribution in [0, 0.1) is 0 Å². The van der Waals surface area contributed by atoms with E-state index >= 15 is 0 Å². The zero-order chi connectivity index (χ0) is 76.6. The molecule has 0 aliphatic rings. The van der Waals surface area contributed by atoms with Crippen LogP contribution < -0.4 is 0 Å². The van der Waals surface area contributed by atoms with Gasteiger partial charge in [-0.15, -0.1) is 0 Å². The van der Waals surface area contributed by atoms with E-state index in [1.165, 1.54) is 19.3 Å². The van der Waals surface area contributed by atoms with Gasteiger partial charge in [-0.25, -0.2) is 9.13 Å². The number of phosphoric ester groups is 2. The number of esters is 3. The third kappa shape index (κ3) is 79.3. The standard InChI is InChI=1S/C87H140O16P2/c1-4-7-10-13-16-19-22-25-28-31-34-36-38-39-40-41-43-45-47-49-52-55-58-61-64-67-70-73-85(90)97-76-82(88)77-99-104(93,94)100-78-83(89)79-101-105(95,96)102-81-84(103-87(92)75-72-69-66-63-60-57-54-51-46-33-30-27-24-21-18-15-12-9-6-3)80-98-86(91)74-71-68-65-62-59-56-53-50-48-44-42-37-35-32-29-26-23-20-17-14-11-8-5-2/h7-12,16-21,25-30,34-37,39-40,43-46,48,51,53,56,82-84,88-89H,4-6,13-15,22-24,31-33,38,41-42,47,49-50,52,54-55,57-81H2,1-3H3,(H,93,94)(H,95,96)/b10-7-,11-8-,12-9-,19-16-,20-17-,21-18-,28-25-,29-26-,30-27-,36-34-,37-35-,40-39-,45-43-,48-44-,51-46-,56-53-. The van der Waals surface area contributed by atoms with E-state index in [4.69, 9.17) is 32.3 Å². The number of unbranched alkanes of at least 4 members (excludes halogenated alkanes) is 18. The highest BCUT2D eigenvalue weighted by Crippen LogP contribution is 2.45. The van der Waals surface area contributed by atoms with Crippen molar-refractivity contribution in [2.24, 2.45) is 0 Å². The second-order valence-electron chi connectivity index (χ2n) is 25.7. The first kappa shape index (κ1) is 99.4. The minimum Gasteiger partial charge on any atom is -0.463 e. The predicted molar refractivity (Wildman–Crippen MR) is 435 cm³/mol. The molecule has 0 radical (unpaired) electrons. The molecule has 5 unspecified atom stereocenters. The van der Waals surface area contributed by atoms with Crippen LogP contribution in [-0.4, -0.2) is 95.9 Å². The van der Waals surface area contributed by atoms with E-state index in [0.29, 0.717) is 19.3 Å². The zero-order valence-corrected chi connectivity index (χ0v) is 66.6. The van der Waals surface area contributed by atoms with Gasteiger partial charge in [0.2, 0.25) is 0 Å². The number of allylic oxidation sites excluding steroid dienone is 32. The molecule has 0 amide bonds. The number of carbonyl (C=O) groups excluding carboxylic acids is 3. The van der Waals surface area contributed by atoms with Crippen molar-refractivity contribution in [1.29, 1.82) is 0 Å². The van der Waals surface area contributed by atoms with Crippen molar-refractivity contribution in [2.45, 2.75) is 296 Å². The summed E-state index contributed by atoms with van der Waals surface area (Å²) in [6.07, 6.45) is 102. The number of aliphatic hydroxyl groups excluding tert-OH is 2. The first-order chi connectivity index (χ1) is 51.2. The van der Waals surface area contributed by atoms with E-state index < -0.39 is 91.5 Å². The number of rotatable bonds is 73. The lowest BCUT2D eigenvalue weighted by atomic mass is 10.1. The summed E-state index contributed by atoms with van der Waals surface area (Å²) in [5.74, 6) is -1.64. The Labute approximate surface area is 636 Å². The summed E-state index contributed by atoms with van der Waals surface area (Å²) in [7, 11) is -9.83. The number of hydrogen-bond acceptors (Lipinski definition) is 14. The van der Waals surface area contributed by atoms with Gasteiger partial charge < -0.3 is 34.2 Å². The minimum atomic E-state index is -4.95. The van der Waals surface area contributed by atoms with Gasteiger partial charge in [0.1, 0.15) is 25.4 Å². The van der Waals surface area contributed by atoms with Gasteiger partial charge in [-0.2, -0.15) is 0 Å². The second-order valence-corrected chi connectivity index (χ2v) is 28.6. The van der Waals surface area contributed by atoms with E-state index in [9.17, 15) is 43.5 Å². The molecular formula is C87H140O16P2. The van der Waals surface area contributed by atoms with Crippen molar-refractivity contribution in [1.82, 2.24) is 0 Å². The van der Waals surface area contributed by atoms with Crippen molar-refractivity contribution in [3.8, 4) is 0 Å². The van der Waals surface area contributed by atoms with Gasteiger partial charge in [-0.1, -0.05) is 292 Å². The summed E-state index contributed by atoms with van der Waals surface area (Å²) in [6, 6.07) is 0. The molecule has 0 rings (SSSR count). The second kappa shape index (κ2) is 78.0. The van der Waals surface area contributed by atoms with E-state index in [0.717, 1.165) is 199 Å². The average molecular weight is 1500 g/mol. The summed E-state index contributed by atoms with van der Waals surface area (Å²) >= 11 is 0. The molecule has 0 aromatic rings. The molecule has 594 valence electrons. The Bertz CT molecular complexity index is 2690. The molecule has 4 N–H and O–H groups in total. The molecule has 0 bridgehead atoms. The molecule has 0 heterocycles. The Hall–Kier alpha value is -5.61. The van der Waals surface area contributed by atoms with Crippen molar-refractivity contribution < 1.29 is 75.8 Å². The molecule has 0 aromatic carbocycles. The summed E-state index contributed by atoms with van der Waals surface area (Å²) in [4.78, 5) is 58.7. The van der Waals surface area contributed by atoms with Crippen molar-refractivity contribution in [3.05, 3.63) is 194 Å². The van der Waals surface area contributed by atoms with Gasteiger partial charge in [-0.05, 0) is 161 Å². The highest BCUT2D eigenvalue weighted by molar-refractivity contribution is 7.47. The molecule has 0 spiro atoms. The summed E-state index contributed by atoms with van der Waals surface area (Å²) in [5.41, 5.74) is 0. The highest BCUT2D eigenvalue weighted by Gasteiger charge is 2.29. The summed E-state index contributed by atoms with van der Waals surface area (Å²) in [5, 5.41) is 20.7. The van der Waals surface area contributed by atoms with E-state index in [-0.39, 0.29) is 19.3 Å². The van der Waals surface area contributed by atoms with Gasteiger partial charge in [0.05, 0.1) is 26.4 Å². The third-order valence-corrected chi connectivity index (χ3v) is 17.7. The Morgan fingerprint density at radius 1 is 0.267 bits per heavy atom. The van der Waals surface area contributed by atoms with Crippen LogP contribution in [0.5, 0.6) is 0 Å². The Morgan fingerprint density at radius 3 is 0.752 bits per heavy atom. The fourth-order valence-corrected chi connectivity index (χ4v) is 11.4. The maximum atomic E-state index is 13.0.